The van der Waals surface area contributed by atoms with E-state index in [1.807, 2.05) is 0 Å². The van der Waals surface area contributed by atoms with Crippen LogP contribution in [0.2, 0.25) is 0 Å². The van der Waals surface area contributed by atoms with Gasteiger partial charge in [0.05, 0.1) is 0 Å². The highest BCUT2D eigenvalue weighted by Gasteiger charge is 2.75. The summed E-state index contributed by atoms with van der Waals surface area (Å²) < 4.78 is 74.1. The zero-order valence-corrected chi connectivity index (χ0v) is 8.51. The summed E-state index contributed by atoms with van der Waals surface area (Å²) in [7, 11) is 0. The molecule has 0 fully saturated rings. The van der Waals surface area contributed by atoms with Crippen molar-refractivity contribution in [3.63, 3.8) is 0 Å². The minimum atomic E-state index is -6.15. The molecule has 0 unspecified atom stereocenters. The van der Waals surface area contributed by atoms with Gasteiger partial charge in [-0.15, -0.1) is 0 Å². The summed E-state index contributed by atoms with van der Waals surface area (Å²) >= 11 is 0. The van der Waals surface area contributed by atoms with Crippen molar-refractivity contribution in [3.8, 4) is 0 Å². The summed E-state index contributed by atoms with van der Waals surface area (Å²) in [4.78, 5) is 11.3. The van der Waals surface area contributed by atoms with Gasteiger partial charge in [0, 0.05) is 5.56 Å². The molecule has 1 aromatic carbocycles. The first-order valence-electron chi connectivity index (χ1n) is 4.47. The Morgan fingerprint density at radius 2 is 1.28 bits per heavy atom. The molecule has 0 atom stereocenters. The smallest absolute Gasteiger partial charge is 0.367 e. The predicted molar refractivity (Wildman–Crippen MR) is 47.8 cm³/mol. The van der Waals surface area contributed by atoms with E-state index in [0.29, 0.717) is 0 Å². The third kappa shape index (κ3) is 2.20. The number of hydrogen-bond donors (Lipinski definition) is 1. The normalized spacial score (nSPS) is 13.5. The minimum absolute atomic E-state index is 0.755. The van der Waals surface area contributed by atoms with E-state index in [1.165, 1.54) is 6.07 Å². The highest BCUT2D eigenvalue weighted by atomic mass is 19.4. The van der Waals surface area contributed by atoms with E-state index >= 15 is 0 Å². The molecule has 0 bridgehead atoms. The Hall–Kier alpha value is -1.57. The Morgan fingerprint density at radius 1 is 0.889 bits per heavy atom. The van der Waals surface area contributed by atoms with Crippen LogP contribution in [0.4, 0.5) is 26.3 Å². The first kappa shape index (κ1) is 14.5. The van der Waals surface area contributed by atoms with Crippen LogP contribution >= 0.6 is 0 Å². The predicted octanol–water partition coefficient (Wildman–Crippen LogP) is 2.73. The van der Waals surface area contributed by atoms with E-state index in [0.717, 1.165) is 24.3 Å². The molecular weight excluding hydrogens is 266 g/mol. The van der Waals surface area contributed by atoms with Gasteiger partial charge in [0.15, 0.2) is 0 Å². The van der Waals surface area contributed by atoms with Gasteiger partial charge < -0.3 is 5.11 Å². The second-order valence-electron chi connectivity index (χ2n) is 3.40. The summed E-state index contributed by atoms with van der Waals surface area (Å²) in [5.41, 5.74) is -6.28. The van der Waals surface area contributed by atoms with Gasteiger partial charge in [0.2, 0.25) is 5.78 Å². The average molecular weight is 272 g/mol. The summed E-state index contributed by atoms with van der Waals surface area (Å²) in [6, 6.07) is 4.98. The fourth-order valence-corrected chi connectivity index (χ4v) is 1.22. The average Bonchev–Trinajstić information content (AvgIpc) is 2.25. The molecule has 1 rings (SSSR count). The van der Waals surface area contributed by atoms with Crippen molar-refractivity contribution in [2.24, 2.45) is 0 Å². The minimum Gasteiger partial charge on any atom is -0.367 e. The van der Waals surface area contributed by atoms with Crippen LogP contribution < -0.4 is 0 Å². The van der Waals surface area contributed by atoms with Crippen LogP contribution in [-0.2, 0) is 0 Å². The zero-order valence-electron chi connectivity index (χ0n) is 8.51. The van der Waals surface area contributed by atoms with Gasteiger partial charge in [-0.1, -0.05) is 30.3 Å². The first-order valence-corrected chi connectivity index (χ1v) is 4.47. The van der Waals surface area contributed by atoms with Crippen molar-refractivity contribution in [2.45, 2.75) is 18.0 Å². The molecule has 0 aliphatic heterocycles. The Labute approximate surface area is 96.8 Å². The Balaban J connectivity index is 3.36. The lowest BCUT2D eigenvalue weighted by molar-refractivity contribution is -0.342. The van der Waals surface area contributed by atoms with Crippen LogP contribution in [0.15, 0.2) is 30.3 Å². The molecule has 100 valence electrons. The number of halogens is 6. The molecule has 0 aromatic heterocycles. The van der Waals surface area contributed by atoms with Gasteiger partial charge in [-0.25, -0.2) is 0 Å². The molecule has 8 heteroatoms. The van der Waals surface area contributed by atoms with Gasteiger partial charge in [0.1, 0.15) is 0 Å². The molecule has 0 aliphatic carbocycles. The fraction of sp³-hybridized carbons (Fsp3) is 0.300. The van der Waals surface area contributed by atoms with Crippen molar-refractivity contribution in [1.82, 2.24) is 0 Å². The number of rotatable bonds is 2. The summed E-state index contributed by atoms with van der Waals surface area (Å²) in [5.74, 6) is -2.46. The van der Waals surface area contributed by atoms with Crippen LogP contribution in [0.3, 0.4) is 0 Å². The van der Waals surface area contributed by atoms with E-state index in [9.17, 15) is 31.1 Å². The molecule has 0 spiro atoms. The van der Waals surface area contributed by atoms with Crippen LogP contribution in [-0.4, -0.2) is 28.8 Å². The molecule has 0 heterocycles. The van der Waals surface area contributed by atoms with Crippen molar-refractivity contribution in [2.75, 3.05) is 0 Å². The molecule has 2 nitrogen and oxygen atoms in total. The van der Waals surface area contributed by atoms with E-state index in [1.54, 1.807) is 0 Å². The quantitative estimate of drug-likeness (QED) is 0.664. The molecule has 1 aromatic rings. The number of ketones is 1. The number of carbonyl (C=O) groups is 1. The maximum absolute atomic E-state index is 12.3. The van der Waals surface area contributed by atoms with Gasteiger partial charge in [-0.2, -0.15) is 26.3 Å². The van der Waals surface area contributed by atoms with Gasteiger partial charge >= 0.3 is 18.0 Å². The number of carbonyl (C=O) groups excluding carboxylic acids is 1. The topological polar surface area (TPSA) is 37.3 Å². The van der Waals surface area contributed by atoms with Crippen LogP contribution in [0, 0.1) is 0 Å². The Bertz CT molecular complexity index is 420. The van der Waals surface area contributed by atoms with Crippen molar-refractivity contribution >= 4 is 5.78 Å². The lowest BCUT2D eigenvalue weighted by Crippen LogP contribution is -2.62. The van der Waals surface area contributed by atoms with Crippen molar-refractivity contribution in [3.05, 3.63) is 35.9 Å². The third-order valence-electron chi connectivity index (χ3n) is 2.19. The molecule has 0 radical (unpaired) electrons. The first-order chi connectivity index (χ1) is 8.02. The standard InChI is InChI=1S/C10H6F6O2/c11-9(12,13)8(18,10(14,15)16)7(17)6-4-2-1-3-5-6/h1-5,18H. The maximum Gasteiger partial charge on any atom is 0.434 e. The second kappa shape index (κ2) is 4.27. The molecule has 0 amide bonds. The largest absolute Gasteiger partial charge is 0.434 e. The summed E-state index contributed by atoms with van der Waals surface area (Å²) in [5, 5.41) is 8.81. The molecular formula is C10H6F6O2. The lowest BCUT2D eigenvalue weighted by atomic mass is 9.91. The molecule has 0 aliphatic rings. The van der Waals surface area contributed by atoms with Gasteiger partial charge in [-0.05, 0) is 0 Å². The van der Waals surface area contributed by atoms with Crippen molar-refractivity contribution < 1.29 is 36.2 Å². The highest BCUT2D eigenvalue weighted by Crippen LogP contribution is 2.44. The van der Waals surface area contributed by atoms with E-state index in [4.69, 9.17) is 5.11 Å². The third-order valence-corrected chi connectivity index (χ3v) is 2.19. The van der Waals surface area contributed by atoms with Gasteiger partial charge in [-0.3, -0.25) is 4.79 Å². The lowest BCUT2D eigenvalue weighted by Gasteiger charge is -2.30. The number of benzene rings is 1. The van der Waals surface area contributed by atoms with E-state index < -0.39 is 29.3 Å². The number of Topliss-reactive ketones (excluding diaryl/α,β-unsaturated/α-hetero) is 1. The Morgan fingerprint density at radius 3 is 1.61 bits per heavy atom. The number of alkyl halides is 6. The monoisotopic (exact) mass is 272 g/mol. The second-order valence-corrected chi connectivity index (χ2v) is 3.40. The summed E-state index contributed by atoms with van der Waals surface area (Å²) in [6.45, 7) is 0. The highest BCUT2D eigenvalue weighted by molar-refractivity contribution is 6.03. The van der Waals surface area contributed by atoms with Crippen LogP contribution in [0.25, 0.3) is 0 Å². The van der Waals surface area contributed by atoms with Gasteiger partial charge in [0.25, 0.3) is 0 Å². The van der Waals surface area contributed by atoms with Crippen LogP contribution in [0.1, 0.15) is 10.4 Å². The van der Waals surface area contributed by atoms with E-state index in [-0.39, 0.29) is 0 Å². The zero-order chi connectivity index (χ0) is 14.2. The molecule has 0 saturated heterocycles. The SMILES string of the molecule is O=C(c1ccccc1)C(O)(C(F)(F)F)C(F)(F)F. The fourth-order valence-electron chi connectivity index (χ4n) is 1.22. The molecule has 0 saturated carbocycles. The Kier molecular flexibility index (Phi) is 3.44. The molecule has 1 N–H and O–H groups in total. The summed E-state index contributed by atoms with van der Waals surface area (Å²) in [6.07, 6.45) is -12.3. The van der Waals surface area contributed by atoms with Crippen molar-refractivity contribution in [1.29, 1.82) is 0 Å². The number of aliphatic hydroxyl groups is 1. The number of hydrogen-bond acceptors (Lipinski definition) is 2. The maximum atomic E-state index is 12.3. The van der Waals surface area contributed by atoms with Crippen LogP contribution in [0.5, 0.6) is 0 Å². The molecule has 18 heavy (non-hydrogen) atoms. The van der Waals surface area contributed by atoms with E-state index in [2.05, 4.69) is 0 Å².